The second-order valence-corrected chi connectivity index (χ2v) is 4.20. The molecule has 0 aromatic heterocycles. The Morgan fingerprint density at radius 2 is 1.80 bits per heavy atom. The van der Waals surface area contributed by atoms with Crippen molar-refractivity contribution < 1.29 is 4.74 Å². The third-order valence-corrected chi connectivity index (χ3v) is 3.13. The van der Waals surface area contributed by atoms with E-state index in [1.165, 1.54) is 18.5 Å². The van der Waals surface area contributed by atoms with Gasteiger partial charge in [0, 0.05) is 13.1 Å². The van der Waals surface area contributed by atoms with Crippen LogP contribution >= 0.6 is 0 Å². The number of rotatable bonds is 3. The van der Waals surface area contributed by atoms with Gasteiger partial charge in [-0.15, -0.1) is 0 Å². The lowest BCUT2D eigenvalue weighted by molar-refractivity contribution is 0.208. The maximum absolute atomic E-state index is 5.38. The highest BCUT2D eigenvalue weighted by molar-refractivity contribution is 5.24. The van der Waals surface area contributed by atoms with E-state index in [1.807, 2.05) is 13.0 Å². The summed E-state index contributed by atoms with van der Waals surface area (Å²) in [6.45, 7) is 8.74. The van der Waals surface area contributed by atoms with E-state index in [1.54, 1.807) is 7.11 Å². The Balaban J connectivity index is 2.68. The second-order valence-electron chi connectivity index (χ2n) is 4.20. The van der Waals surface area contributed by atoms with Crippen molar-refractivity contribution in [3.8, 4) is 0 Å². The van der Waals surface area contributed by atoms with Crippen LogP contribution in [0.25, 0.3) is 0 Å². The molecule has 1 rings (SSSR count). The molecular formula is C13H23NO. The van der Waals surface area contributed by atoms with Crippen molar-refractivity contribution in [2.75, 3.05) is 20.2 Å². The Kier molecular flexibility index (Phi) is 4.73. The van der Waals surface area contributed by atoms with Crippen molar-refractivity contribution >= 4 is 0 Å². The predicted molar refractivity (Wildman–Crippen MR) is 64.5 cm³/mol. The summed E-state index contributed by atoms with van der Waals surface area (Å²) in [5, 5.41) is 0. The molecule has 2 heteroatoms. The average Bonchev–Trinajstić information content (AvgIpc) is 2.27. The maximum atomic E-state index is 5.38. The summed E-state index contributed by atoms with van der Waals surface area (Å²) in [7, 11) is 1.74. The van der Waals surface area contributed by atoms with Crippen molar-refractivity contribution in [1.82, 2.24) is 4.90 Å². The number of nitrogens with zero attached hydrogens (tertiary/aromatic N) is 1. The standard InChI is InChI=1S/C13H23NO/c1-5-12(13(6-2)15-4)14-9-7-11(3)8-10-14/h5-6,11H,7-10H2,1-4H3/b12-5+,13-6+. The van der Waals surface area contributed by atoms with Crippen molar-refractivity contribution in [2.45, 2.75) is 33.6 Å². The van der Waals surface area contributed by atoms with E-state index in [9.17, 15) is 0 Å². The van der Waals surface area contributed by atoms with Gasteiger partial charge >= 0.3 is 0 Å². The maximum Gasteiger partial charge on any atom is 0.137 e. The highest BCUT2D eigenvalue weighted by atomic mass is 16.5. The van der Waals surface area contributed by atoms with Crippen molar-refractivity contribution in [2.24, 2.45) is 5.92 Å². The molecular weight excluding hydrogens is 186 g/mol. The molecule has 86 valence electrons. The fraction of sp³-hybridized carbons (Fsp3) is 0.692. The largest absolute Gasteiger partial charge is 0.495 e. The lowest BCUT2D eigenvalue weighted by Gasteiger charge is -2.34. The topological polar surface area (TPSA) is 12.5 Å². The van der Waals surface area contributed by atoms with Gasteiger partial charge in [0.1, 0.15) is 5.76 Å². The van der Waals surface area contributed by atoms with Gasteiger partial charge in [-0.1, -0.05) is 13.0 Å². The van der Waals surface area contributed by atoms with Gasteiger partial charge in [0.2, 0.25) is 0 Å². The van der Waals surface area contributed by atoms with Crippen LogP contribution in [0.1, 0.15) is 33.6 Å². The fourth-order valence-electron chi connectivity index (χ4n) is 2.10. The summed E-state index contributed by atoms with van der Waals surface area (Å²) < 4.78 is 5.38. The van der Waals surface area contributed by atoms with Gasteiger partial charge in [0.15, 0.2) is 0 Å². The van der Waals surface area contributed by atoms with Gasteiger partial charge in [-0.3, -0.25) is 0 Å². The number of ether oxygens (including phenoxy) is 1. The Hall–Kier alpha value is -0.920. The first-order valence-corrected chi connectivity index (χ1v) is 5.84. The van der Waals surface area contributed by atoms with Crippen LogP contribution in [-0.4, -0.2) is 25.1 Å². The summed E-state index contributed by atoms with van der Waals surface area (Å²) in [5.41, 5.74) is 1.24. The first-order valence-electron chi connectivity index (χ1n) is 5.84. The van der Waals surface area contributed by atoms with E-state index in [0.29, 0.717) is 0 Å². The zero-order valence-electron chi connectivity index (χ0n) is 10.4. The van der Waals surface area contributed by atoms with E-state index in [2.05, 4.69) is 24.8 Å². The minimum absolute atomic E-state index is 0.871. The number of piperidine rings is 1. The van der Waals surface area contributed by atoms with E-state index in [0.717, 1.165) is 24.8 Å². The summed E-state index contributed by atoms with van der Waals surface area (Å²) in [6, 6.07) is 0. The van der Waals surface area contributed by atoms with Crippen LogP contribution < -0.4 is 0 Å². The summed E-state index contributed by atoms with van der Waals surface area (Å²) >= 11 is 0. The molecule has 0 bridgehead atoms. The third-order valence-electron chi connectivity index (χ3n) is 3.13. The fourth-order valence-corrected chi connectivity index (χ4v) is 2.10. The molecule has 0 saturated carbocycles. The van der Waals surface area contributed by atoms with Gasteiger partial charge in [0.25, 0.3) is 0 Å². The molecule has 2 nitrogen and oxygen atoms in total. The monoisotopic (exact) mass is 209 g/mol. The minimum atomic E-state index is 0.871. The van der Waals surface area contributed by atoms with E-state index in [-0.39, 0.29) is 0 Å². The summed E-state index contributed by atoms with van der Waals surface area (Å²) in [5.74, 6) is 1.86. The van der Waals surface area contributed by atoms with Crippen LogP contribution in [0.15, 0.2) is 23.6 Å². The van der Waals surface area contributed by atoms with Gasteiger partial charge in [-0.05, 0) is 38.7 Å². The zero-order chi connectivity index (χ0) is 11.3. The quantitative estimate of drug-likeness (QED) is 0.523. The van der Waals surface area contributed by atoms with Gasteiger partial charge in [-0.2, -0.15) is 0 Å². The first kappa shape index (κ1) is 12.2. The number of likely N-dealkylation sites (tertiary alicyclic amines) is 1. The SMILES string of the molecule is C/C=C(OC)\C(=C/C)N1CCC(C)CC1. The Bertz CT molecular complexity index is 247. The highest BCUT2D eigenvalue weighted by Crippen LogP contribution is 2.23. The van der Waals surface area contributed by atoms with Gasteiger partial charge < -0.3 is 9.64 Å². The van der Waals surface area contributed by atoms with E-state index >= 15 is 0 Å². The molecule has 0 aliphatic carbocycles. The van der Waals surface area contributed by atoms with Crippen molar-refractivity contribution in [3.63, 3.8) is 0 Å². The second kappa shape index (κ2) is 5.84. The molecule has 0 amide bonds. The molecule has 0 N–H and O–H groups in total. The normalized spacial score (nSPS) is 20.7. The lowest BCUT2D eigenvalue weighted by Crippen LogP contribution is -2.33. The number of hydrogen-bond acceptors (Lipinski definition) is 2. The molecule has 0 unspecified atom stereocenters. The molecule has 0 radical (unpaired) electrons. The Labute approximate surface area is 93.6 Å². The number of allylic oxidation sites excluding steroid dienone is 2. The van der Waals surface area contributed by atoms with Crippen LogP contribution in [0.4, 0.5) is 0 Å². The van der Waals surface area contributed by atoms with Crippen LogP contribution in [0.5, 0.6) is 0 Å². The van der Waals surface area contributed by atoms with Crippen molar-refractivity contribution in [3.05, 3.63) is 23.6 Å². The molecule has 0 aromatic rings. The molecule has 1 saturated heterocycles. The summed E-state index contributed by atoms with van der Waals surface area (Å²) in [4.78, 5) is 2.43. The Morgan fingerprint density at radius 1 is 1.20 bits per heavy atom. The molecule has 1 aliphatic rings. The predicted octanol–water partition coefficient (Wildman–Crippen LogP) is 3.17. The smallest absolute Gasteiger partial charge is 0.137 e. The van der Waals surface area contributed by atoms with Crippen LogP contribution in [0, 0.1) is 5.92 Å². The minimum Gasteiger partial charge on any atom is -0.495 e. The van der Waals surface area contributed by atoms with Gasteiger partial charge in [0.05, 0.1) is 12.8 Å². The molecule has 0 aromatic carbocycles. The molecule has 1 heterocycles. The van der Waals surface area contributed by atoms with E-state index in [4.69, 9.17) is 4.74 Å². The van der Waals surface area contributed by atoms with Crippen LogP contribution in [0.2, 0.25) is 0 Å². The lowest BCUT2D eigenvalue weighted by atomic mass is 9.98. The van der Waals surface area contributed by atoms with E-state index < -0.39 is 0 Å². The molecule has 0 spiro atoms. The zero-order valence-corrected chi connectivity index (χ0v) is 10.4. The van der Waals surface area contributed by atoms with Crippen molar-refractivity contribution in [1.29, 1.82) is 0 Å². The third kappa shape index (κ3) is 3.01. The highest BCUT2D eigenvalue weighted by Gasteiger charge is 2.19. The van der Waals surface area contributed by atoms with Crippen LogP contribution in [0.3, 0.4) is 0 Å². The number of hydrogen-bond donors (Lipinski definition) is 0. The molecule has 1 aliphatic heterocycles. The molecule has 1 fully saturated rings. The average molecular weight is 209 g/mol. The van der Waals surface area contributed by atoms with Crippen LogP contribution in [-0.2, 0) is 4.74 Å². The van der Waals surface area contributed by atoms with Gasteiger partial charge in [-0.25, -0.2) is 0 Å². The first-order chi connectivity index (χ1) is 7.22. The summed E-state index contributed by atoms with van der Waals surface area (Å²) in [6.07, 6.45) is 6.76. The Morgan fingerprint density at radius 3 is 2.20 bits per heavy atom. The number of methoxy groups -OCH3 is 1. The molecule has 15 heavy (non-hydrogen) atoms. The molecule has 0 atom stereocenters.